The van der Waals surface area contributed by atoms with Crippen LogP contribution in [0.1, 0.15) is 10.4 Å². The number of nitrogens with one attached hydrogen (secondary N) is 2. The third-order valence-electron chi connectivity index (χ3n) is 3.24. The molecular weight excluding hydrogens is 312 g/mol. The van der Waals surface area contributed by atoms with Crippen molar-refractivity contribution >= 4 is 23.1 Å². The highest BCUT2D eigenvalue weighted by Gasteiger charge is 2.06. The number of pyridine rings is 1. The molecule has 6 heteroatoms. The molecule has 3 rings (SSSR count). The lowest BCUT2D eigenvalue weighted by molar-refractivity contribution is 0.102. The molecule has 0 saturated heterocycles. The molecule has 4 nitrogen and oxygen atoms in total. The van der Waals surface area contributed by atoms with Crippen molar-refractivity contribution in [1.82, 2.24) is 4.98 Å². The topological polar surface area (TPSA) is 54.0 Å². The van der Waals surface area contributed by atoms with Gasteiger partial charge in [-0.25, -0.2) is 13.8 Å². The van der Waals surface area contributed by atoms with Crippen LogP contribution in [0.4, 0.5) is 26.0 Å². The summed E-state index contributed by atoms with van der Waals surface area (Å²) in [5.41, 5.74) is 1.56. The van der Waals surface area contributed by atoms with Gasteiger partial charge >= 0.3 is 0 Å². The molecule has 1 aromatic heterocycles. The Balaban J connectivity index is 1.64. The molecule has 120 valence electrons. The Bertz CT molecular complexity index is 832. The van der Waals surface area contributed by atoms with E-state index in [1.807, 2.05) is 0 Å². The monoisotopic (exact) mass is 325 g/mol. The summed E-state index contributed by atoms with van der Waals surface area (Å²) in [6, 6.07) is 14.5. The first-order valence-corrected chi connectivity index (χ1v) is 7.16. The summed E-state index contributed by atoms with van der Waals surface area (Å²) in [5.74, 6) is -0.505. The van der Waals surface area contributed by atoms with E-state index in [0.29, 0.717) is 22.8 Å². The summed E-state index contributed by atoms with van der Waals surface area (Å²) in [5, 5.41) is 5.69. The highest BCUT2D eigenvalue weighted by molar-refractivity contribution is 6.04. The molecule has 2 N–H and O–H groups in total. The van der Waals surface area contributed by atoms with Crippen molar-refractivity contribution in [2.45, 2.75) is 0 Å². The van der Waals surface area contributed by atoms with Crippen LogP contribution in [0.2, 0.25) is 0 Å². The number of amides is 1. The van der Waals surface area contributed by atoms with Crippen molar-refractivity contribution in [3.8, 4) is 0 Å². The Hall–Kier alpha value is -3.28. The maximum atomic E-state index is 12.9. The number of carbonyl (C=O) groups excluding carboxylic acids is 1. The lowest BCUT2D eigenvalue weighted by atomic mass is 10.2. The summed E-state index contributed by atoms with van der Waals surface area (Å²) in [7, 11) is 0. The van der Waals surface area contributed by atoms with E-state index in [1.165, 1.54) is 42.6 Å². The van der Waals surface area contributed by atoms with Gasteiger partial charge in [-0.2, -0.15) is 0 Å². The number of rotatable bonds is 4. The third kappa shape index (κ3) is 3.92. The predicted molar refractivity (Wildman–Crippen MR) is 88.3 cm³/mol. The Morgan fingerprint density at radius 2 is 1.38 bits per heavy atom. The van der Waals surface area contributed by atoms with E-state index < -0.39 is 5.82 Å². The minimum atomic E-state index is -0.399. The Kier molecular flexibility index (Phi) is 4.47. The van der Waals surface area contributed by atoms with E-state index in [-0.39, 0.29) is 11.7 Å². The molecule has 0 saturated carbocycles. The normalized spacial score (nSPS) is 10.2. The number of aromatic nitrogens is 1. The molecule has 0 aliphatic heterocycles. The van der Waals surface area contributed by atoms with Gasteiger partial charge in [0.15, 0.2) is 0 Å². The van der Waals surface area contributed by atoms with E-state index in [1.54, 1.807) is 24.3 Å². The number of anilines is 3. The molecule has 1 amide bonds. The molecule has 0 radical (unpaired) electrons. The van der Waals surface area contributed by atoms with Crippen molar-refractivity contribution in [1.29, 1.82) is 0 Å². The van der Waals surface area contributed by atoms with Crippen LogP contribution >= 0.6 is 0 Å². The highest BCUT2D eigenvalue weighted by Crippen LogP contribution is 2.17. The molecule has 0 aliphatic rings. The lowest BCUT2D eigenvalue weighted by Crippen LogP contribution is -2.12. The van der Waals surface area contributed by atoms with E-state index in [4.69, 9.17) is 0 Å². The van der Waals surface area contributed by atoms with Gasteiger partial charge < -0.3 is 10.6 Å². The van der Waals surface area contributed by atoms with Crippen molar-refractivity contribution in [2.75, 3.05) is 10.6 Å². The number of nitrogens with zero attached hydrogens (tertiary/aromatic N) is 1. The van der Waals surface area contributed by atoms with Gasteiger partial charge in [0.1, 0.15) is 17.5 Å². The summed E-state index contributed by atoms with van der Waals surface area (Å²) in [6.45, 7) is 0. The summed E-state index contributed by atoms with van der Waals surface area (Å²) in [6.07, 6.45) is 1.49. The fourth-order valence-corrected chi connectivity index (χ4v) is 2.03. The number of halogens is 2. The molecule has 24 heavy (non-hydrogen) atoms. The SMILES string of the molecule is O=C(Nc1ccc(Nc2ccc(F)cc2)nc1)c1ccc(F)cc1. The maximum Gasteiger partial charge on any atom is 0.255 e. The predicted octanol–water partition coefficient (Wildman–Crippen LogP) is 4.36. The van der Waals surface area contributed by atoms with Crippen LogP contribution < -0.4 is 10.6 Å². The van der Waals surface area contributed by atoms with Gasteiger partial charge in [0.05, 0.1) is 11.9 Å². The first-order valence-electron chi connectivity index (χ1n) is 7.16. The fourth-order valence-electron chi connectivity index (χ4n) is 2.03. The Morgan fingerprint density at radius 3 is 1.96 bits per heavy atom. The molecule has 3 aromatic rings. The van der Waals surface area contributed by atoms with Crippen molar-refractivity contribution in [3.63, 3.8) is 0 Å². The molecule has 0 aliphatic carbocycles. The van der Waals surface area contributed by atoms with Gasteiger partial charge in [-0.15, -0.1) is 0 Å². The minimum Gasteiger partial charge on any atom is -0.340 e. The second-order valence-corrected chi connectivity index (χ2v) is 5.03. The summed E-state index contributed by atoms with van der Waals surface area (Å²) < 4.78 is 25.7. The average molecular weight is 325 g/mol. The van der Waals surface area contributed by atoms with Crippen LogP contribution in [-0.4, -0.2) is 10.9 Å². The Morgan fingerprint density at radius 1 is 0.792 bits per heavy atom. The molecule has 0 bridgehead atoms. The van der Waals surface area contributed by atoms with Gasteiger partial charge in [-0.1, -0.05) is 0 Å². The second-order valence-electron chi connectivity index (χ2n) is 5.03. The first kappa shape index (κ1) is 15.6. The highest BCUT2D eigenvalue weighted by atomic mass is 19.1. The number of carbonyl (C=O) groups is 1. The van der Waals surface area contributed by atoms with E-state index in [9.17, 15) is 13.6 Å². The zero-order valence-corrected chi connectivity index (χ0v) is 12.5. The molecule has 0 spiro atoms. The van der Waals surface area contributed by atoms with Gasteiger partial charge in [0.2, 0.25) is 0 Å². The number of hydrogen-bond acceptors (Lipinski definition) is 3. The van der Waals surface area contributed by atoms with Crippen LogP contribution in [0.3, 0.4) is 0 Å². The lowest BCUT2D eigenvalue weighted by Gasteiger charge is -2.08. The largest absolute Gasteiger partial charge is 0.340 e. The van der Waals surface area contributed by atoms with Gasteiger partial charge in [0, 0.05) is 11.3 Å². The zero-order chi connectivity index (χ0) is 16.9. The minimum absolute atomic E-state index is 0.313. The van der Waals surface area contributed by atoms with Crippen LogP contribution in [0, 0.1) is 11.6 Å². The van der Waals surface area contributed by atoms with Crippen LogP contribution in [0.25, 0.3) is 0 Å². The van der Waals surface area contributed by atoms with Crippen LogP contribution in [0.5, 0.6) is 0 Å². The summed E-state index contributed by atoms with van der Waals surface area (Å²) >= 11 is 0. The standard InChI is InChI=1S/C18H13F2N3O/c19-13-3-1-12(2-4-13)18(24)23-16-9-10-17(21-11-16)22-15-7-5-14(20)6-8-15/h1-11H,(H,21,22)(H,23,24). The molecule has 0 fully saturated rings. The van der Waals surface area contributed by atoms with Crippen molar-refractivity contribution in [2.24, 2.45) is 0 Å². The van der Waals surface area contributed by atoms with Gasteiger partial charge in [-0.3, -0.25) is 4.79 Å². The molecule has 1 heterocycles. The molecule has 0 unspecified atom stereocenters. The Labute approximate surface area is 137 Å². The van der Waals surface area contributed by atoms with Crippen molar-refractivity contribution < 1.29 is 13.6 Å². The first-order chi connectivity index (χ1) is 11.6. The van der Waals surface area contributed by atoms with Gasteiger partial charge in [-0.05, 0) is 60.7 Å². The fraction of sp³-hybridized carbons (Fsp3) is 0. The molecule has 2 aromatic carbocycles. The van der Waals surface area contributed by atoms with Crippen molar-refractivity contribution in [3.05, 3.63) is 84.1 Å². The summed E-state index contributed by atoms with van der Waals surface area (Å²) in [4.78, 5) is 16.2. The number of hydrogen-bond donors (Lipinski definition) is 2. The van der Waals surface area contributed by atoms with Gasteiger partial charge in [0.25, 0.3) is 5.91 Å². The van der Waals surface area contributed by atoms with E-state index in [2.05, 4.69) is 15.6 Å². The maximum absolute atomic E-state index is 12.9. The molecule has 0 atom stereocenters. The smallest absolute Gasteiger partial charge is 0.255 e. The third-order valence-corrected chi connectivity index (χ3v) is 3.24. The van der Waals surface area contributed by atoms with Crippen LogP contribution in [-0.2, 0) is 0 Å². The van der Waals surface area contributed by atoms with E-state index in [0.717, 1.165) is 0 Å². The number of benzene rings is 2. The zero-order valence-electron chi connectivity index (χ0n) is 12.5. The second kappa shape index (κ2) is 6.87. The molecular formula is C18H13F2N3O. The quantitative estimate of drug-likeness (QED) is 0.749. The van der Waals surface area contributed by atoms with Crippen LogP contribution in [0.15, 0.2) is 66.9 Å². The van der Waals surface area contributed by atoms with E-state index >= 15 is 0 Å². The average Bonchev–Trinajstić information content (AvgIpc) is 2.59.